The van der Waals surface area contributed by atoms with Crippen molar-refractivity contribution in [3.63, 3.8) is 0 Å². The van der Waals surface area contributed by atoms with Gasteiger partial charge in [-0.2, -0.15) is 0 Å². The molecule has 3 aromatic carbocycles. The molecule has 1 aromatic heterocycles. The number of rotatable bonds is 5. The summed E-state index contributed by atoms with van der Waals surface area (Å²) in [7, 11) is -3.63. The van der Waals surface area contributed by atoms with Crippen LogP contribution in [0.5, 0.6) is 0 Å². The highest BCUT2D eigenvalue weighted by Gasteiger charge is 2.16. The molecule has 1 heterocycles. The van der Waals surface area contributed by atoms with Crippen LogP contribution in [-0.4, -0.2) is 13.4 Å². The molecule has 4 aromatic rings. The number of nitrogens with zero attached hydrogens (tertiary/aromatic N) is 1. The van der Waals surface area contributed by atoms with Crippen molar-refractivity contribution in [2.75, 3.05) is 0 Å². The number of fused-ring (bicyclic) bond motifs is 1. The van der Waals surface area contributed by atoms with Crippen LogP contribution < -0.4 is 4.72 Å². The molecule has 0 spiro atoms. The molecule has 5 heteroatoms. The fourth-order valence-electron chi connectivity index (χ4n) is 3.51. The molecule has 0 saturated carbocycles. The Morgan fingerprint density at radius 1 is 0.897 bits per heavy atom. The Hall–Kier alpha value is -3.02. The highest BCUT2D eigenvalue weighted by Crippen LogP contribution is 2.26. The number of hydrogen-bond donors (Lipinski definition) is 1. The van der Waals surface area contributed by atoms with Gasteiger partial charge in [-0.1, -0.05) is 54.1 Å². The van der Waals surface area contributed by atoms with Gasteiger partial charge >= 0.3 is 0 Å². The molecule has 0 radical (unpaired) electrons. The number of hydrogen-bond acceptors (Lipinski definition) is 3. The van der Waals surface area contributed by atoms with E-state index in [0.29, 0.717) is 0 Å². The highest BCUT2D eigenvalue weighted by atomic mass is 32.2. The Balaban J connectivity index is 1.60. The van der Waals surface area contributed by atoms with Crippen molar-refractivity contribution in [1.29, 1.82) is 0 Å². The summed E-state index contributed by atoms with van der Waals surface area (Å²) in [5.41, 5.74) is 5.96. The average molecular weight is 403 g/mol. The lowest BCUT2D eigenvalue weighted by Crippen LogP contribution is -2.23. The van der Waals surface area contributed by atoms with Crippen LogP contribution in [0.25, 0.3) is 22.0 Å². The molecule has 0 fully saturated rings. The normalized spacial score (nSPS) is 11.7. The number of pyridine rings is 1. The van der Waals surface area contributed by atoms with Crippen molar-refractivity contribution in [1.82, 2.24) is 9.71 Å². The fourth-order valence-corrected chi connectivity index (χ4v) is 4.60. The molecule has 0 atom stereocenters. The second-order valence-corrected chi connectivity index (χ2v) is 8.92. The standard InChI is InChI=1S/C24H22N2O2S/c1-17-6-5-7-19(14-17)22-11-10-21(15-18(22)2)29(27,28)26-16-20-12-13-25-24-9-4-3-8-23(20)24/h3-15,26H,16H2,1-2H3. The molecule has 4 rings (SSSR count). The molecule has 0 saturated heterocycles. The van der Waals surface area contributed by atoms with E-state index in [0.717, 1.165) is 33.2 Å². The van der Waals surface area contributed by atoms with Gasteiger partial charge in [-0.05, 0) is 60.4 Å². The van der Waals surface area contributed by atoms with Crippen LogP contribution in [0.15, 0.2) is 83.9 Å². The third-order valence-electron chi connectivity index (χ3n) is 5.03. The van der Waals surface area contributed by atoms with Crippen molar-refractivity contribution in [3.8, 4) is 11.1 Å². The largest absolute Gasteiger partial charge is 0.256 e. The van der Waals surface area contributed by atoms with Crippen LogP contribution in [0, 0.1) is 13.8 Å². The Bertz CT molecular complexity index is 1290. The van der Waals surface area contributed by atoms with E-state index in [2.05, 4.69) is 15.8 Å². The van der Waals surface area contributed by atoms with E-state index in [4.69, 9.17) is 0 Å². The third kappa shape index (κ3) is 4.06. The maximum absolute atomic E-state index is 12.9. The summed E-state index contributed by atoms with van der Waals surface area (Å²) in [6.07, 6.45) is 1.70. The Kier molecular flexibility index (Phi) is 5.18. The zero-order chi connectivity index (χ0) is 20.4. The topological polar surface area (TPSA) is 59.1 Å². The Morgan fingerprint density at radius 2 is 1.72 bits per heavy atom. The van der Waals surface area contributed by atoms with E-state index in [9.17, 15) is 8.42 Å². The molecule has 0 aliphatic heterocycles. The first-order chi connectivity index (χ1) is 13.9. The summed E-state index contributed by atoms with van der Waals surface area (Å²) >= 11 is 0. The maximum atomic E-state index is 12.9. The van der Waals surface area contributed by atoms with Gasteiger partial charge in [0.25, 0.3) is 0 Å². The van der Waals surface area contributed by atoms with Gasteiger partial charge in [0.05, 0.1) is 10.4 Å². The first kappa shape index (κ1) is 19.3. The predicted octanol–water partition coefficient (Wildman–Crippen LogP) is 5.00. The van der Waals surface area contributed by atoms with E-state index >= 15 is 0 Å². The van der Waals surface area contributed by atoms with Crippen LogP contribution >= 0.6 is 0 Å². The van der Waals surface area contributed by atoms with Crippen molar-refractivity contribution in [3.05, 3.63) is 95.7 Å². The van der Waals surface area contributed by atoms with Gasteiger partial charge in [-0.15, -0.1) is 0 Å². The van der Waals surface area contributed by atoms with Crippen molar-refractivity contribution >= 4 is 20.9 Å². The average Bonchev–Trinajstić information content (AvgIpc) is 2.72. The number of sulfonamides is 1. The number of aryl methyl sites for hydroxylation is 2. The molecule has 1 N–H and O–H groups in total. The van der Waals surface area contributed by atoms with Crippen molar-refractivity contribution < 1.29 is 8.42 Å². The lowest BCUT2D eigenvalue weighted by atomic mass is 9.99. The lowest BCUT2D eigenvalue weighted by molar-refractivity contribution is 0.581. The second-order valence-electron chi connectivity index (χ2n) is 7.16. The molecule has 0 unspecified atom stereocenters. The maximum Gasteiger partial charge on any atom is 0.240 e. The van der Waals surface area contributed by atoms with Gasteiger partial charge in [-0.3, -0.25) is 4.98 Å². The van der Waals surface area contributed by atoms with Crippen LogP contribution in [0.1, 0.15) is 16.7 Å². The van der Waals surface area contributed by atoms with E-state index in [1.165, 1.54) is 5.56 Å². The van der Waals surface area contributed by atoms with Crippen molar-refractivity contribution in [2.24, 2.45) is 0 Å². The van der Waals surface area contributed by atoms with E-state index in [1.54, 1.807) is 18.3 Å². The first-order valence-corrected chi connectivity index (χ1v) is 10.9. The Morgan fingerprint density at radius 3 is 2.52 bits per heavy atom. The second kappa shape index (κ2) is 7.78. The van der Waals surface area contributed by atoms with E-state index in [1.807, 2.05) is 68.4 Å². The minimum absolute atomic E-state index is 0.212. The van der Waals surface area contributed by atoms with Gasteiger partial charge in [-0.25, -0.2) is 13.1 Å². The summed E-state index contributed by atoms with van der Waals surface area (Å²) in [4.78, 5) is 4.59. The lowest BCUT2D eigenvalue weighted by Gasteiger charge is -2.12. The van der Waals surface area contributed by atoms with Gasteiger partial charge in [0.1, 0.15) is 0 Å². The van der Waals surface area contributed by atoms with Gasteiger partial charge in [0.2, 0.25) is 10.0 Å². The van der Waals surface area contributed by atoms with Gasteiger partial charge in [0.15, 0.2) is 0 Å². The molecule has 29 heavy (non-hydrogen) atoms. The number of para-hydroxylation sites is 1. The molecule has 146 valence electrons. The molecule has 4 nitrogen and oxygen atoms in total. The van der Waals surface area contributed by atoms with Gasteiger partial charge in [0, 0.05) is 18.1 Å². The summed E-state index contributed by atoms with van der Waals surface area (Å²) in [5.74, 6) is 0. The van der Waals surface area contributed by atoms with Crippen LogP contribution in [0.2, 0.25) is 0 Å². The molecule has 0 amide bonds. The Labute approximate surface area is 171 Å². The molecule has 0 aliphatic carbocycles. The zero-order valence-corrected chi connectivity index (χ0v) is 17.2. The quantitative estimate of drug-likeness (QED) is 0.511. The SMILES string of the molecule is Cc1cccc(-c2ccc(S(=O)(=O)NCc3ccnc4ccccc34)cc2C)c1. The number of nitrogens with one attached hydrogen (secondary N) is 1. The minimum Gasteiger partial charge on any atom is -0.256 e. The summed E-state index contributed by atoms with van der Waals surface area (Å²) in [6.45, 7) is 4.20. The monoisotopic (exact) mass is 402 g/mol. The van der Waals surface area contributed by atoms with Crippen molar-refractivity contribution in [2.45, 2.75) is 25.3 Å². The zero-order valence-electron chi connectivity index (χ0n) is 16.4. The highest BCUT2D eigenvalue weighted by molar-refractivity contribution is 7.89. The summed E-state index contributed by atoms with van der Waals surface area (Å²) < 4.78 is 28.5. The molecular formula is C24H22N2O2S. The molecule has 0 bridgehead atoms. The molecular weight excluding hydrogens is 380 g/mol. The predicted molar refractivity (Wildman–Crippen MR) is 117 cm³/mol. The first-order valence-electron chi connectivity index (χ1n) is 9.44. The summed E-state index contributed by atoms with van der Waals surface area (Å²) in [6, 6.07) is 23.0. The minimum atomic E-state index is -3.63. The van der Waals surface area contributed by atoms with Crippen LogP contribution in [-0.2, 0) is 16.6 Å². The van der Waals surface area contributed by atoms with Crippen LogP contribution in [0.4, 0.5) is 0 Å². The summed E-state index contributed by atoms with van der Waals surface area (Å²) in [5, 5.41) is 0.948. The van der Waals surface area contributed by atoms with E-state index in [-0.39, 0.29) is 11.4 Å². The third-order valence-corrected chi connectivity index (χ3v) is 6.43. The number of aromatic nitrogens is 1. The van der Waals surface area contributed by atoms with E-state index < -0.39 is 10.0 Å². The number of benzene rings is 3. The smallest absolute Gasteiger partial charge is 0.240 e. The van der Waals surface area contributed by atoms with Crippen LogP contribution in [0.3, 0.4) is 0 Å². The molecule has 0 aliphatic rings. The fraction of sp³-hybridized carbons (Fsp3) is 0.125. The van der Waals surface area contributed by atoms with Gasteiger partial charge < -0.3 is 0 Å².